The fraction of sp³-hybridized carbons (Fsp3) is 0.0645. The van der Waals surface area contributed by atoms with Crippen LogP contribution in [0.25, 0.3) is 16.8 Å². The summed E-state index contributed by atoms with van der Waals surface area (Å²) in [6.45, 7) is 4.17. The van der Waals surface area contributed by atoms with E-state index < -0.39 is 23.7 Å². The summed E-state index contributed by atoms with van der Waals surface area (Å²) in [5.74, 6) is -1.53. The number of fused-ring (bicyclic) bond motifs is 1. The smallest absolute Gasteiger partial charge is 0.335 e. The van der Waals surface area contributed by atoms with Crippen LogP contribution in [-0.2, 0) is 22.6 Å². The zero-order chi connectivity index (χ0) is 27.5. The second-order valence-electron chi connectivity index (χ2n) is 8.84. The minimum atomic E-state index is -0.903. The van der Waals surface area contributed by atoms with Crippen molar-refractivity contribution in [3.63, 3.8) is 0 Å². The van der Waals surface area contributed by atoms with E-state index in [0.29, 0.717) is 28.8 Å². The first-order valence-electron chi connectivity index (χ1n) is 12.1. The van der Waals surface area contributed by atoms with Crippen molar-refractivity contribution in [2.45, 2.75) is 13.0 Å². The molecule has 0 aliphatic carbocycles. The van der Waals surface area contributed by atoms with Gasteiger partial charge in [-0.15, -0.1) is 6.58 Å². The van der Waals surface area contributed by atoms with Gasteiger partial charge in [0.1, 0.15) is 23.7 Å². The molecule has 1 saturated heterocycles. The number of urea groups is 1. The van der Waals surface area contributed by atoms with Gasteiger partial charge in [0.2, 0.25) is 0 Å². The molecule has 1 aliphatic rings. The van der Waals surface area contributed by atoms with Crippen LogP contribution in [0.3, 0.4) is 0 Å². The van der Waals surface area contributed by atoms with E-state index in [2.05, 4.69) is 33.9 Å². The van der Waals surface area contributed by atoms with Crippen LogP contribution < -0.4 is 15.0 Å². The number of halogens is 2. The lowest BCUT2D eigenvalue weighted by atomic mass is 10.0. The second kappa shape index (κ2) is 11.0. The number of hydrogen-bond acceptors (Lipinski definition) is 4. The molecule has 8 heteroatoms. The summed E-state index contributed by atoms with van der Waals surface area (Å²) >= 11 is 3.58. The predicted octanol–water partition coefficient (Wildman–Crippen LogP) is 6.72. The van der Waals surface area contributed by atoms with Crippen LogP contribution in [0.5, 0.6) is 5.75 Å². The van der Waals surface area contributed by atoms with Crippen LogP contribution in [0.15, 0.2) is 102 Å². The molecular weight excluding hydrogens is 563 g/mol. The van der Waals surface area contributed by atoms with Gasteiger partial charge in [-0.25, -0.2) is 14.1 Å². The summed E-state index contributed by atoms with van der Waals surface area (Å²) in [6, 6.07) is 21.6. The molecule has 194 valence electrons. The van der Waals surface area contributed by atoms with E-state index in [1.807, 2.05) is 36.4 Å². The molecule has 4 aromatic carbocycles. The average molecular weight is 585 g/mol. The number of ether oxygens (including phenoxy) is 1. The minimum Gasteiger partial charge on any atom is -0.487 e. The van der Waals surface area contributed by atoms with Crippen molar-refractivity contribution in [3.8, 4) is 5.75 Å². The van der Waals surface area contributed by atoms with Crippen molar-refractivity contribution in [2.75, 3.05) is 4.90 Å². The highest BCUT2D eigenvalue weighted by Gasteiger charge is 2.36. The third kappa shape index (κ3) is 5.37. The molecular formula is C31H22BrFN2O4. The number of rotatable bonds is 7. The monoisotopic (exact) mass is 584 g/mol. The van der Waals surface area contributed by atoms with E-state index >= 15 is 0 Å². The molecule has 4 amide bonds. The Bertz CT molecular complexity index is 1660. The van der Waals surface area contributed by atoms with Gasteiger partial charge >= 0.3 is 6.03 Å². The first-order chi connectivity index (χ1) is 18.9. The normalized spacial score (nSPS) is 14.6. The van der Waals surface area contributed by atoms with Gasteiger partial charge in [-0.05, 0) is 92.3 Å². The molecule has 39 heavy (non-hydrogen) atoms. The average Bonchev–Trinajstić information content (AvgIpc) is 2.92. The topological polar surface area (TPSA) is 75.7 Å². The Labute approximate surface area is 232 Å². The standard InChI is InChI=1S/C31H22BrFN2O4/c1-2-6-21-15-19(16-26-29(36)34-31(38)35(30(26)37)24-13-11-23(33)12-14-24)17-27(32)28(21)39-18-22-9-5-8-20-7-3-4-10-25(20)22/h2-5,7-17H,1,6,18H2,(H,34,36,38)/b26-16+. The molecule has 0 aromatic heterocycles. The molecule has 5 rings (SSSR count). The highest BCUT2D eigenvalue weighted by molar-refractivity contribution is 9.10. The fourth-order valence-corrected chi connectivity index (χ4v) is 5.08. The van der Waals surface area contributed by atoms with Gasteiger partial charge in [0.15, 0.2) is 0 Å². The molecule has 6 nitrogen and oxygen atoms in total. The summed E-state index contributed by atoms with van der Waals surface area (Å²) in [7, 11) is 0. The van der Waals surface area contributed by atoms with Crippen molar-refractivity contribution in [3.05, 3.63) is 124 Å². The highest BCUT2D eigenvalue weighted by Crippen LogP contribution is 2.34. The van der Waals surface area contributed by atoms with E-state index in [0.717, 1.165) is 38.9 Å². The Morgan fingerprint density at radius 3 is 2.46 bits per heavy atom. The number of barbiturate groups is 1. The van der Waals surface area contributed by atoms with Crippen LogP contribution in [-0.4, -0.2) is 17.8 Å². The van der Waals surface area contributed by atoms with E-state index in [-0.39, 0.29) is 11.3 Å². The molecule has 1 heterocycles. The van der Waals surface area contributed by atoms with Gasteiger partial charge in [-0.3, -0.25) is 14.9 Å². The third-order valence-electron chi connectivity index (χ3n) is 6.26. The molecule has 0 saturated carbocycles. The number of hydrogen-bond donors (Lipinski definition) is 1. The summed E-state index contributed by atoms with van der Waals surface area (Å²) in [6.07, 6.45) is 3.62. The van der Waals surface area contributed by atoms with Crippen LogP contribution in [0.4, 0.5) is 14.9 Å². The van der Waals surface area contributed by atoms with Crippen molar-refractivity contribution in [1.29, 1.82) is 0 Å². The number of imide groups is 2. The second-order valence-corrected chi connectivity index (χ2v) is 9.70. The van der Waals surface area contributed by atoms with Crippen molar-refractivity contribution in [2.24, 2.45) is 0 Å². The lowest BCUT2D eigenvalue weighted by Gasteiger charge is -2.26. The molecule has 1 N–H and O–H groups in total. The Morgan fingerprint density at radius 1 is 0.949 bits per heavy atom. The Balaban J connectivity index is 1.46. The molecule has 4 aromatic rings. The van der Waals surface area contributed by atoms with E-state index in [1.165, 1.54) is 18.2 Å². The van der Waals surface area contributed by atoms with Gasteiger partial charge < -0.3 is 4.74 Å². The number of allylic oxidation sites excluding steroid dienone is 1. The summed E-state index contributed by atoms with van der Waals surface area (Å²) in [4.78, 5) is 39.0. The van der Waals surface area contributed by atoms with Gasteiger partial charge in [0, 0.05) is 0 Å². The van der Waals surface area contributed by atoms with E-state index in [9.17, 15) is 18.8 Å². The molecule has 1 fully saturated rings. The number of nitrogens with one attached hydrogen (secondary N) is 1. The zero-order valence-corrected chi connectivity index (χ0v) is 22.2. The molecule has 0 radical (unpaired) electrons. The first kappa shape index (κ1) is 26.1. The van der Waals surface area contributed by atoms with Gasteiger partial charge in [0.05, 0.1) is 10.2 Å². The van der Waals surface area contributed by atoms with Crippen molar-refractivity contribution >= 4 is 56.3 Å². The number of amides is 4. The maximum Gasteiger partial charge on any atom is 0.335 e. The van der Waals surface area contributed by atoms with E-state index in [4.69, 9.17) is 4.74 Å². The van der Waals surface area contributed by atoms with Crippen molar-refractivity contribution < 1.29 is 23.5 Å². The molecule has 0 bridgehead atoms. The summed E-state index contributed by atoms with van der Waals surface area (Å²) < 4.78 is 20.3. The zero-order valence-electron chi connectivity index (χ0n) is 20.6. The largest absolute Gasteiger partial charge is 0.487 e. The van der Waals surface area contributed by atoms with Crippen molar-refractivity contribution in [1.82, 2.24) is 5.32 Å². The number of carbonyl (C=O) groups excluding carboxylic acids is 3. The van der Waals surface area contributed by atoms with Crippen LogP contribution in [0.1, 0.15) is 16.7 Å². The third-order valence-corrected chi connectivity index (χ3v) is 6.85. The Morgan fingerprint density at radius 2 is 1.69 bits per heavy atom. The van der Waals surface area contributed by atoms with Gasteiger partial charge in [-0.2, -0.15) is 0 Å². The highest BCUT2D eigenvalue weighted by atomic mass is 79.9. The minimum absolute atomic E-state index is 0.142. The first-order valence-corrected chi connectivity index (χ1v) is 12.8. The Hall–Kier alpha value is -4.56. The maximum absolute atomic E-state index is 13.4. The summed E-state index contributed by atoms with van der Waals surface area (Å²) in [5, 5.41) is 4.40. The number of anilines is 1. The summed E-state index contributed by atoms with van der Waals surface area (Å²) in [5.41, 5.74) is 2.28. The van der Waals surface area contributed by atoms with Crippen LogP contribution >= 0.6 is 15.9 Å². The molecule has 1 aliphatic heterocycles. The molecule has 0 unspecified atom stereocenters. The number of carbonyl (C=O) groups is 3. The lowest BCUT2D eigenvalue weighted by molar-refractivity contribution is -0.122. The number of benzene rings is 4. The van der Waals surface area contributed by atoms with Crippen LogP contribution in [0, 0.1) is 5.82 Å². The maximum atomic E-state index is 13.4. The number of nitrogens with zero attached hydrogens (tertiary/aromatic N) is 1. The molecule has 0 atom stereocenters. The quantitative estimate of drug-likeness (QED) is 0.149. The fourth-order valence-electron chi connectivity index (χ4n) is 4.44. The van der Waals surface area contributed by atoms with E-state index in [1.54, 1.807) is 18.2 Å². The Kier molecular flexibility index (Phi) is 7.38. The lowest BCUT2D eigenvalue weighted by Crippen LogP contribution is -2.54. The van der Waals surface area contributed by atoms with Gasteiger partial charge in [0.25, 0.3) is 11.8 Å². The van der Waals surface area contributed by atoms with Gasteiger partial charge in [-0.1, -0.05) is 48.5 Å². The molecule has 0 spiro atoms. The SMILES string of the molecule is C=CCc1cc(/C=C2\C(=O)NC(=O)N(c3ccc(F)cc3)C2=O)cc(Br)c1OCc1cccc2ccccc12. The van der Waals surface area contributed by atoms with Crippen LogP contribution in [0.2, 0.25) is 0 Å². The predicted molar refractivity (Wildman–Crippen MR) is 152 cm³/mol.